The predicted molar refractivity (Wildman–Crippen MR) is 43.4 cm³/mol. The Morgan fingerprint density at radius 2 is 2.11 bits per heavy atom. The van der Waals surface area contributed by atoms with Crippen molar-refractivity contribution in [3.63, 3.8) is 0 Å². The lowest BCUT2D eigenvalue weighted by Crippen LogP contribution is -1.87. The van der Waals surface area contributed by atoms with Crippen molar-refractivity contribution in [2.24, 2.45) is 5.92 Å². The summed E-state index contributed by atoms with van der Waals surface area (Å²) in [5.74, 6) is 0.579. The van der Waals surface area contributed by atoms with Crippen LogP contribution in [0.15, 0.2) is 24.3 Å². The van der Waals surface area contributed by atoms with Crippen molar-refractivity contribution < 1.29 is 0 Å². The maximum atomic E-state index is 3.74. The second kappa shape index (κ2) is 4.37. The fourth-order valence-corrected chi connectivity index (χ4v) is 0.781. The van der Waals surface area contributed by atoms with Gasteiger partial charge >= 0.3 is 0 Å². The highest BCUT2D eigenvalue weighted by Gasteiger charge is 1.92. The van der Waals surface area contributed by atoms with Gasteiger partial charge in [0.25, 0.3) is 0 Å². The smallest absolute Gasteiger partial charge is 0.00563 e. The van der Waals surface area contributed by atoms with E-state index >= 15 is 0 Å². The van der Waals surface area contributed by atoms with Gasteiger partial charge in [-0.15, -0.1) is 6.58 Å². The summed E-state index contributed by atoms with van der Waals surface area (Å²) in [6.07, 6.45) is 5.40. The molecule has 0 rings (SSSR count). The van der Waals surface area contributed by atoms with E-state index in [1.807, 2.05) is 6.08 Å². The first-order valence-corrected chi connectivity index (χ1v) is 3.48. The van der Waals surface area contributed by atoms with Crippen molar-refractivity contribution in [2.75, 3.05) is 0 Å². The second-order valence-corrected chi connectivity index (χ2v) is 2.55. The van der Waals surface area contributed by atoms with Gasteiger partial charge < -0.3 is 0 Å². The maximum absolute atomic E-state index is 3.74. The summed E-state index contributed by atoms with van der Waals surface area (Å²) < 4.78 is 0. The first-order chi connectivity index (χ1) is 4.20. The SMILES string of the molecule is C=CC(C=C(C)C)CC. The van der Waals surface area contributed by atoms with Gasteiger partial charge in [0.2, 0.25) is 0 Å². The topological polar surface area (TPSA) is 0 Å². The van der Waals surface area contributed by atoms with E-state index in [1.54, 1.807) is 0 Å². The van der Waals surface area contributed by atoms with Crippen LogP contribution in [-0.2, 0) is 0 Å². The molecule has 0 fully saturated rings. The molecule has 0 radical (unpaired) electrons. The summed E-state index contributed by atoms with van der Waals surface area (Å²) in [4.78, 5) is 0. The Morgan fingerprint density at radius 1 is 1.56 bits per heavy atom. The van der Waals surface area contributed by atoms with Crippen LogP contribution in [0, 0.1) is 5.92 Å². The molecule has 0 saturated carbocycles. The molecular formula is C9H16. The molecule has 1 unspecified atom stereocenters. The van der Waals surface area contributed by atoms with Gasteiger partial charge in [-0.1, -0.05) is 24.6 Å². The van der Waals surface area contributed by atoms with Crippen LogP contribution in [0.2, 0.25) is 0 Å². The Labute approximate surface area is 58.3 Å². The molecule has 0 aliphatic rings. The highest BCUT2D eigenvalue weighted by atomic mass is 14.0. The molecule has 0 saturated heterocycles. The standard InChI is InChI=1S/C9H16/c1-5-9(6-2)7-8(3)4/h5,7,9H,1,6H2,2-4H3. The molecule has 0 amide bonds. The first kappa shape index (κ1) is 8.48. The van der Waals surface area contributed by atoms with Crippen LogP contribution >= 0.6 is 0 Å². The largest absolute Gasteiger partial charge is 0.102 e. The number of allylic oxidation sites excluding steroid dienone is 3. The Bertz CT molecular complexity index is 105. The fraction of sp³-hybridized carbons (Fsp3) is 0.556. The first-order valence-electron chi connectivity index (χ1n) is 3.48. The van der Waals surface area contributed by atoms with E-state index < -0.39 is 0 Å². The van der Waals surface area contributed by atoms with Crippen molar-refractivity contribution in [2.45, 2.75) is 27.2 Å². The van der Waals surface area contributed by atoms with Crippen molar-refractivity contribution in [3.8, 4) is 0 Å². The Balaban J connectivity index is 3.82. The van der Waals surface area contributed by atoms with Crippen LogP contribution in [-0.4, -0.2) is 0 Å². The molecule has 0 aliphatic heterocycles. The van der Waals surface area contributed by atoms with Crippen LogP contribution in [0.5, 0.6) is 0 Å². The van der Waals surface area contributed by atoms with Gasteiger partial charge in [0.15, 0.2) is 0 Å². The average Bonchev–Trinajstić information content (AvgIpc) is 1.82. The Morgan fingerprint density at radius 3 is 2.22 bits per heavy atom. The minimum absolute atomic E-state index is 0.579. The van der Waals surface area contributed by atoms with E-state index in [1.165, 1.54) is 5.57 Å². The minimum atomic E-state index is 0.579. The molecule has 0 aromatic carbocycles. The van der Waals surface area contributed by atoms with Gasteiger partial charge in [-0.2, -0.15) is 0 Å². The monoisotopic (exact) mass is 124 g/mol. The summed E-state index contributed by atoms with van der Waals surface area (Å²) in [6, 6.07) is 0. The van der Waals surface area contributed by atoms with Crippen LogP contribution in [0.4, 0.5) is 0 Å². The number of rotatable bonds is 3. The van der Waals surface area contributed by atoms with E-state index in [2.05, 4.69) is 33.4 Å². The van der Waals surface area contributed by atoms with Crippen LogP contribution in [0.1, 0.15) is 27.2 Å². The highest BCUT2D eigenvalue weighted by molar-refractivity contribution is 5.02. The van der Waals surface area contributed by atoms with Gasteiger partial charge in [0.05, 0.1) is 0 Å². The Kier molecular flexibility index (Phi) is 4.12. The molecule has 52 valence electrons. The van der Waals surface area contributed by atoms with Crippen LogP contribution < -0.4 is 0 Å². The lowest BCUT2D eigenvalue weighted by Gasteiger charge is -2.01. The van der Waals surface area contributed by atoms with Gasteiger partial charge in [-0.05, 0) is 26.2 Å². The zero-order valence-corrected chi connectivity index (χ0v) is 6.65. The predicted octanol–water partition coefficient (Wildman–Crippen LogP) is 3.16. The van der Waals surface area contributed by atoms with E-state index in [0.29, 0.717) is 5.92 Å². The molecule has 1 atom stereocenters. The van der Waals surface area contributed by atoms with Gasteiger partial charge in [-0.3, -0.25) is 0 Å². The van der Waals surface area contributed by atoms with Crippen LogP contribution in [0.25, 0.3) is 0 Å². The third-order valence-electron chi connectivity index (χ3n) is 1.32. The molecule has 0 aromatic heterocycles. The van der Waals surface area contributed by atoms with Crippen LogP contribution in [0.3, 0.4) is 0 Å². The number of hydrogen-bond donors (Lipinski definition) is 0. The third kappa shape index (κ3) is 4.01. The molecule has 0 aliphatic carbocycles. The van der Waals surface area contributed by atoms with Crippen molar-refractivity contribution in [1.82, 2.24) is 0 Å². The zero-order valence-electron chi connectivity index (χ0n) is 6.65. The average molecular weight is 124 g/mol. The quantitative estimate of drug-likeness (QED) is 0.507. The molecule has 0 nitrogen and oxygen atoms in total. The second-order valence-electron chi connectivity index (χ2n) is 2.55. The summed E-state index contributed by atoms with van der Waals surface area (Å²) in [6.45, 7) is 10.1. The minimum Gasteiger partial charge on any atom is -0.102 e. The molecule has 0 bridgehead atoms. The summed E-state index contributed by atoms with van der Waals surface area (Å²) >= 11 is 0. The van der Waals surface area contributed by atoms with E-state index in [-0.39, 0.29) is 0 Å². The van der Waals surface area contributed by atoms with Gasteiger partial charge in [0, 0.05) is 0 Å². The third-order valence-corrected chi connectivity index (χ3v) is 1.32. The molecular weight excluding hydrogens is 108 g/mol. The summed E-state index contributed by atoms with van der Waals surface area (Å²) in [7, 11) is 0. The van der Waals surface area contributed by atoms with Crippen molar-refractivity contribution in [1.29, 1.82) is 0 Å². The molecule has 9 heavy (non-hydrogen) atoms. The molecule has 0 heteroatoms. The van der Waals surface area contributed by atoms with E-state index in [0.717, 1.165) is 6.42 Å². The molecule has 0 spiro atoms. The van der Waals surface area contributed by atoms with Gasteiger partial charge in [0.1, 0.15) is 0 Å². The number of hydrogen-bond acceptors (Lipinski definition) is 0. The molecule has 0 N–H and O–H groups in total. The lowest BCUT2D eigenvalue weighted by molar-refractivity contribution is 0.769. The molecule has 0 aromatic rings. The fourth-order valence-electron chi connectivity index (χ4n) is 0.781. The summed E-state index contributed by atoms with van der Waals surface area (Å²) in [5.41, 5.74) is 1.38. The maximum Gasteiger partial charge on any atom is -0.00563 e. The highest BCUT2D eigenvalue weighted by Crippen LogP contribution is 2.07. The van der Waals surface area contributed by atoms with E-state index in [9.17, 15) is 0 Å². The Hall–Kier alpha value is -0.520. The van der Waals surface area contributed by atoms with Crippen molar-refractivity contribution >= 4 is 0 Å². The van der Waals surface area contributed by atoms with Gasteiger partial charge in [-0.25, -0.2) is 0 Å². The lowest BCUT2D eigenvalue weighted by atomic mass is 10.0. The normalized spacial score (nSPS) is 12.3. The summed E-state index contributed by atoms with van der Waals surface area (Å²) in [5, 5.41) is 0. The van der Waals surface area contributed by atoms with E-state index in [4.69, 9.17) is 0 Å². The molecule has 0 heterocycles. The van der Waals surface area contributed by atoms with Crippen molar-refractivity contribution in [3.05, 3.63) is 24.3 Å². The zero-order chi connectivity index (χ0) is 7.28.